The van der Waals surface area contributed by atoms with Crippen LogP contribution in [0.4, 0.5) is 0 Å². The Morgan fingerprint density at radius 3 is 2.43 bits per heavy atom. The lowest BCUT2D eigenvalue weighted by Gasteiger charge is -2.17. The van der Waals surface area contributed by atoms with Gasteiger partial charge in [-0.1, -0.05) is 0 Å². The Labute approximate surface area is 122 Å². The number of rotatable bonds is 5. The molecule has 0 saturated carbocycles. The highest BCUT2D eigenvalue weighted by Gasteiger charge is 2.39. The molecule has 1 aliphatic heterocycles. The molecule has 7 nitrogen and oxygen atoms in total. The van der Waals surface area contributed by atoms with E-state index in [2.05, 4.69) is 5.32 Å². The number of hydrogen-bond acceptors (Lipinski definition) is 6. The van der Waals surface area contributed by atoms with Crippen molar-refractivity contribution in [1.82, 2.24) is 5.32 Å². The van der Waals surface area contributed by atoms with Gasteiger partial charge in [0.25, 0.3) is 5.91 Å². The van der Waals surface area contributed by atoms with Gasteiger partial charge < -0.3 is 24.3 Å². The molecule has 1 amide bonds. The number of carbonyl (C=O) groups excluding carboxylic acids is 2. The van der Waals surface area contributed by atoms with Crippen molar-refractivity contribution in [2.24, 2.45) is 0 Å². The number of nitrogens with one attached hydrogen (secondary N) is 1. The third-order valence-corrected chi connectivity index (χ3v) is 3.21. The molecule has 1 aromatic carbocycles. The van der Waals surface area contributed by atoms with E-state index in [0.717, 1.165) is 0 Å². The summed E-state index contributed by atoms with van der Waals surface area (Å²) in [5.41, 5.74) is 0.801. The molecular weight excluding hydrogens is 278 g/mol. The zero-order chi connectivity index (χ0) is 15.6. The van der Waals surface area contributed by atoms with Crippen LogP contribution in [0, 0.1) is 0 Å². The number of amides is 1. The maximum atomic E-state index is 12.1. The minimum absolute atomic E-state index is 0.160. The summed E-state index contributed by atoms with van der Waals surface area (Å²) < 4.78 is 20.7. The predicted octanol–water partition coefficient (Wildman–Crippen LogP) is 1.27. The average molecular weight is 295 g/mol. The number of methoxy groups -OCH3 is 3. The lowest BCUT2D eigenvalue weighted by molar-refractivity contribution is 0.0390. The van der Waals surface area contributed by atoms with Crippen LogP contribution >= 0.6 is 0 Å². The highest BCUT2D eigenvalue weighted by atomic mass is 16.5. The summed E-state index contributed by atoms with van der Waals surface area (Å²) in [6.07, 6.45) is -0.740. The van der Waals surface area contributed by atoms with Crippen molar-refractivity contribution in [2.45, 2.75) is 13.2 Å². The van der Waals surface area contributed by atoms with E-state index in [1.165, 1.54) is 27.4 Å². The lowest BCUT2D eigenvalue weighted by Crippen LogP contribution is -2.22. The van der Waals surface area contributed by atoms with Gasteiger partial charge in [0.15, 0.2) is 6.23 Å². The molecule has 7 heteroatoms. The van der Waals surface area contributed by atoms with Crippen molar-refractivity contribution < 1.29 is 28.5 Å². The molecule has 0 aliphatic carbocycles. The molecule has 0 spiro atoms. The topological polar surface area (TPSA) is 83.1 Å². The first-order valence-corrected chi connectivity index (χ1v) is 6.38. The first-order valence-electron chi connectivity index (χ1n) is 6.38. The first kappa shape index (κ1) is 15.1. The van der Waals surface area contributed by atoms with Crippen LogP contribution in [0.3, 0.4) is 0 Å². The first-order chi connectivity index (χ1) is 10.1. The number of carbonyl (C=O) groups is 2. The third kappa shape index (κ3) is 2.40. The standard InChI is InChI=1S/C14H17NO6/c1-5-21-13-11-9(12(16)15-13)7(18-2)6-8(19-3)10(11)14(17)20-4/h6,13H,5H2,1-4H3,(H,15,16). The van der Waals surface area contributed by atoms with Crippen molar-refractivity contribution in [3.63, 3.8) is 0 Å². The fourth-order valence-electron chi connectivity index (χ4n) is 2.34. The Morgan fingerprint density at radius 2 is 1.90 bits per heavy atom. The summed E-state index contributed by atoms with van der Waals surface area (Å²) in [6.45, 7) is 2.16. The Morgan fingerprint density at radius 1 is 1.24 bits per heavy atom. The van der Waals surface area contributed by atoms with E-state index in [1.807, 2.05) is 0 Å². The quantitative estimate of drug-likeness (QED) is 0.824. The lowest BCUT2D eigenvalue weighted by atomic mass is 9.99. The van der Waals surface area contributed by atoms with E-state index in [0.29, 0.717) is 17.9 Å². The molecule has 1 aromatic rings. The largest absolute Gasteiger partial charge is 0.496 e. The van der Waals surface area contributed by atoms with Crippen molar-refractivity contribution in [1.29, 1.82) is 0 Å². The molecule has 0 aromatic heterocycles. The van der Waals surface area contributed by atoms with Crippen molar-refractivity contribution in [3.05, 3.63) is 22.8 Å². The SMILES string of the molecule is CCOC1NC(=O)c2c(OC)cc(OC)c(C(=O)OC)c21. The van der Waals surface area contributed by atoms with Crippen molar-refractivity contribution >= 4 is 11.9 Å². The fourth-order valence-corrected chi connectivity index (χ4v) is 2.34. The van der Waals surface area contributed by atoms with Gasteiger partial charge in [-0.15, -0.1) is 0 Å². The maximum absolute atomic E-state index is 12.1. The molecule has 1 N–H and O–H groups in total. The predicted molar refractivity (Wildman–Crippen MR) is 72.7 cm³/mol. The van der Waals surface area contributed by atoms with Gasteiger partial charge in [-0.25, -0.2) is 4.79 Å². The summed E-state index contributed by atoms with van der Waals surface area (Å²) in [5, 5.41) is 2.66. The molecule has 0 bridgehead atoms. The van der Waals surface area contributed by atoms with Gasteiger partial charge in [0.2, 0.25) is 0 Å². The number of ether oxygens (including phenoxy) is 4. The second-order valence-electron chi connectivity index (χ2n) is 4.25. The molecule has 21 heavy (non-hydrogen) atoms. The highest BCUT2D eigenvalue weighted by Crippen LogP contribution is 2.41. The van der Waals surface area contributed by atoms with Crippen LogP contribution < -0.4 is 14.8 Å². The normalized spacial score (nSPS) is 16.2. The van der Waals surface area contributed by atoms with Crippen LogP contribution in [0.5, 0.6) is 11.5 Å². The number of esters is 1. The Balaban J connectivity index is 2.75. The van der Waals surface area contributed by atoms with Gasteiger partial charge in [-0.3, -0.25) is 4.79 Å². The van der Waals surface area contributed by atoms with Gasteiger partial charge in [0, 0.05) is 18.2 Å². The molecule has 0 radical (unpaired) electrons. The fraction of sp³-hybridized carbons (Fsp3) is 0.429. The molecule has 2 rings (SSSR count). The van der Waals surface area contributed by atoms with Crippen molar-refractivity contribution in [2.75, 3.05) is 27.9 Å². The van der Waals surface area contributed by atoms with Crippen LogP contribution in [0.15, 0.2) is 6.07 Å². The molecule has 0 saturated heterocycles. The average Bonchev–Trinajstić information content (AvgIpc) is 2.82. The van der Waals surface area contributed by atoms with E-state index < -0.39 is 12.2 Å². The monoisotopic (exact) mass is 295 g/mol. The minimum Gasteiger partial charge on any atom is -0.496 e. The summed E-state index contributed by atoms with van der Waals surface area (Å²) in [5.74, 6) is -0.395. The second-order valence-corrected chi connectivity index (χ2v) is 4.25. The van der Waals surface area contributed by atoms with Gasteiger partial charge in [0.05, 0.1) is 26.9 Å². The summed E-state index contributed by atoms with van der Waals surface area (Å²) in [6, 6.07) is 1.49. The minimum atomic E-state index is -0.740. The smallest absolute Gasteiger partial charge is 0.342 e. The zero-order valence-corrected chi connectivity index (χ0v) is 12.3. The molecular formula is C14H17NO6. The van der Waals surface area contributed by atoms with Gasteiger partial charge >= 0.3 is 5.97 Å². The number of fused-ring (bicyclic) bond motifs is 1. The second kappa shape index (κ2) is 6.01. The molecule has 1 unspecified atom stereocenters. The number of benzene rings is 1. The maximum Gasteiger partial charge on any atom is 0.342 e. The zero-order valence-electron chi connectivity index (χ0n) is 12.3. The van der Waals surface area contributed by atoms with Gasteiger partial charge in [-0.2, -0.15) is 0 Å². The van der Waals surface area contributed by atoms with Crippen molar-refractivity contribution in [3.8, 4) is 11.5 Å². The van der Waals surface area contributed by atoms with E-state index in [1.54, 1.807) is 6.92 Å². The Hall–Kier alpha value is -2.28. The molecule has 114 valence electrons. The van der Waals surface area contributed by atoms with E-state index >= 15 is 0 Å². The van der Waals surface area contributed by atoms with Crippen LogP contribution in [0.1, 0.15) is 39.4 Å². The molecule has 0 fully saturated rings. The van der Waals surface area contributed by atoms with E-state index in [4.69, 9.17) is 18.9 Å². The van der Waals surface area contributed by atoms with E-state index in [-0.39, 0.29) is 22.8 Å². The van der Waals surface area contributed by atoms with Crippen LogP contribution in [0.2, 0.25) is 0 Å². The summed E-state index contributed by atoms with van der Waals surface area (Å²) in [4.78, 5) is 24.2. The Bertz CT molecular complexity index is 583. The molecule has 1 atom stereocenters. The highest BCUT2D eigenvalue weighted by molar-refractivity contribution is 6.07. The van der Waals surface area contributed by atoms with Gasteiger partial charge in [0.1, 0.15) is 17.1 Å². The third-order valence-electron chi connectivity index (χ3n) is 3.21. The van der Waals surface area contributed by atoms with Crippen LogP contribution in [-0.2, 0) is 9.47 Å². The number of hydrogen-bond donors (Lipinski definition) is 1. The molecule has 1 heterocycles. The van der Waals surface area contributed by atoms with Gasteiger partial charge in [-0.05, 0) is 6.92 Å². The Kier molecular flexibility index (Phi) is 4.32. The van der Waals surface area contributed by atoms with Crippen LogP contribution in [0.25, 0.3) is 0 Å². The summed E-state index contributed by atoms with van der Waals surface area (Å²) >= 11 is 0. The molecule has 1 aliphatic rings. The van der Waals surface area contributed by atoms with Crippen LogP contribution in [-0.4, -0.2) is 39.8 Å². The summed E-state index contributed by atoms with van der Waals surface area (Å²) in [7, 11) is 4.12. The van der Waals surface area contributed by atoms with E-state index in [9.17, 15) is 9.59 Å².